The van der Waals surface area contributed by atoms with Crippen molar-refractivity contribution in [1.82, 2.24) is 4.90 Å². The van der Waals surface area contributed by atoms with Gasteiger partial charge in [0.15, 0.2) is 0 Å². The molecule has 0 N–H and O–H groups in total. The van der Waals surface area contributed by atoms with Crippen molar-refractivity contribution in [2.75, 3.05) is 4.90 Å². The van der Waals surface area contributed by atoms with E-state index in [4.69, 9.17) is 4.74 Å². The molecule has 1 aliphatic carbocycles. The minimum atomic E-state index is -0.761. The lowest BCUT2D eigenvalue weighted by atomic mass is 9.90. The molecule has 3 amide bonds. The van der Waals surface area contributed by atoms with Gasteiger partial charge < -0.3 is 9.64 Å². The normalized spacial score (nSPS) is 20.0. The van der Waals surface area contributed by atoms with Crippen LogP contribution in [0.5, 0.6) is 5.75 Å². The highest BCUT2D eigenvalue weighted by molar-refractivity contribution is 6.23. The Morgan fingerprint density at radius 2 is 1.70 bits per heavy atom. The van der Waals surface area contributed by atoms with Crippen molar-refractivity contribution in [3.8, 4) is 5.75 Å². The molecule has 1 aliphatic heterocycles. The smallest absolute Gasteiger partial charge is 0.308 e. The zero-order chi connectivity index (χ0) is 22.1. The maximum atomic E-state index is 13.3. The molecule has 2 aliphatic rings. The van der Waals surface area contributed by atoms with Crippen LogP contribution in [0.1, 0.15) is 66.2 Å². The lowest BCUT2D eigenvalue weighted by molar-refractivity contribution is -0.142. The number of anilines is 1. The molecular weight excluding hydrogens is 384 g/mol. The lowest BCUT2D eigenvalue weighted by Crippen LogP contribution is -2.50. The van der Waals surface area contributed by atoms with Gasteiger partial charge in [-0.25, -0.2) is 4.90 Å². The number of carbonyl (C=O) groups is 4. The molecule has 0 aromatic heterocycles. The standard InChI is InChI=1S/C23H30N2O5/c1-15(26)30-18-11-9-17(10-12-18)25-20(27)13-19(22(25)29)24(16-7-5-6-8-16)21(28)14-23(2,3)4/h9-12,16,19H,5-8,13-14H2,1-4H3. The molecule has 162 valence electrons. The summed E-state index contributed by atoms with van der Waals surface area (Å²) in [5.41, 5.74) is 0.212. The zero-order valence-electron chi connectivity index (χ0n) is 18.1. The van der Waals surface area contributed by atoms with E-state index in [1.807, 2.05) is 20.8 Å². The van der Waals surface area contributed by atoms with E-state index in [-0.39, 0.29) is 35.6 Å². The lowest BCUT2D eigenvalue weighted by Gasteiger charge is -2.35. The van der Waals surface area contributed by atoms with Crippen LogP contribution in [0.2, 0.25) is 0 Å². The molecule has 7 heteroatoms. The number of benzene rings is 1. The Balaban J connectivity index is 1.84. The molecule has 1 aromatic carbocycles. The second-order valence-corrected chi connectivity index (χ2v) is 9.35. The monoisotopic (exact) mass is 414 g/mol. The molecule has 3 rings (SSSR count). The van der Waals surface area contributed by atoms with E-state index in [0.717, 1.165) is 30.6 Å². The molecule has 30 heavy (non-hydrogen) atoms. The van der Waals surface area contributed by atoms with Gasteiger partial charge in [-0.2, -0.15) is 0 Å². The van der Waals surface area contributed by atoms with Gasteiger partial charge in [-0.15, -0.1) is 0 Å². The first-order valence-corrected chi connectivity index (χ1v) is 10.5. The first-order valence-electron chi connectivity index (χ1n) is 10.5. The van der Waals surface area contributed by atoms with Crippen LogP contribution in [-0.4, -0.2) is 40.7 Å². The van der Waals surface area contributed by atoms with E-state index < -0.39 is 12.0 Å². The van der Waals surface area contributed by atoms with Crippen molar-refractivity contribution < 1.29 is 23.9 Å². The van der Waals surface area contributed by atoms with E-state index >= 15 is 0 Å². The van der Waals surface area contributed by atoms with E-state index in [9.17, 15) is 19.2 Å². The summed E-state index contributed by atoms with van der Waals surface area (Å²) in [4.78, 5) is 53.1. The third-order valence-electron chi connectivity index (χ3n) is 5.50. The highest BCUT2D eigenvalue weighted by Crippen LogP contribution is 2.34. The van der Waals surface area contributed by atoms with Gasteiger partial charge in [-0.05, 0) is 42.5 Å². The van der Waals surface area contributed by atoms with Gasteiger partial charge in [0, 0.05) is 19.4 Å². The summed E-state index contributed by atoms with van der Waals surface area (Å²) in [7, 11) is 0. The summed E-state index contributed by atoms with van der Waals surface area (Å²) in [6.07, 6.45) is 4.12. The first kappa shape index (κ1) is 22.0. The largest absolute Gasteiger partial charge is 0.427 e. The third kappa shape index (κ3) is 4.89. The quantitative estimate of drug-likeness (QED) is 0.419. The number of nitrogens with zero attached hydrogens (tertiary/aromatic N) is 2. The minimum absolute atomic E-state index is 0.00306. The van der Waals surface area contributed by atoms with Crippen molar-refractivity contribution in [2.24, 2.45) is 5.41 Å². The van der Waals surface area contributed by atoms with Crippen LogP contribution in [0.25, 0.3) is 0 Å². The molecule has 0 spiro atoms. The summed E-state index contributed by atoms with van der Waals surface area (Å²) in [5, 5.41) is 0. The second kappa shape index (κ2) is 8.58. The number of carbonyl (C=O) groups excluding carboxylic acids is 4. The van der Waals surface area contributed by atoms with Gasteiger partial charge in [0.2, 0.25) is 11.8 Å². The predicted molar refractivity (Wildman–Crippen MR) is 112 cm³/mol. The number of imide groups is 1. The van der Waals surface area contributed by atoms with Crippen LogP contribution in [-0.2, 0) is 19.2 Å². The molecular formula is C23H30N2O5. The minimum Gasteiger partial charge on any atom is -0.427 e. The Labute approximate surface area is 177 Å². The van der Waals surface area contributed by atoms with Crippen LogP contribution in [0.3, 0.4) is 0 Å². The summed E-state index contributed by atoms with van der Waals surface area (Å²) in [6.45, 7) is 7.29. The third-order valence-corrected chi connectivity index (χ3v) is 5.50. The number of hydrogen-bond donors (Lipinski definition) is 0. The average molecular weight is 415 g/mol. The predicted octanol–water partition coefficient (Wildman–Crippen LogP) is 3.45. The number of ether oxygens (including phenoxy) is 1. The van der Waals surface area contributed by atoms with Gasteiger partial charge in [-0.1, -0.05) is 33.6 Å². The Morgan fingerprint density at radius 1 is 1.10 bits per heavy atom. The van der Waals surface area contributed by atoms with Crippen LogP contribution < -0.4 is 9.64 Å². The number of hydrogen-bond acceptors (Lipinski definition) is 5. The maximum absolute atomic E-state index is 13.3. The molecule has 1 aromatic rings. The molecule has 1 saturated heterocycles. The molecule has 2 fully saturated rings. The van der Waals surface area contributed by atoms with Gasteiger partial charge in [0.25, 0.3) is 5.91 Å². The Hall–Kier alpha value is -2.70. The fraction of sp³-hybridized carbons (Fsp3) is 0.565. The van der Waals surface area contributed by atoms with Gasteiger partial charge >= 0.3 is 5.97 Å². The van der Waals surface area contributed by atoms with Crippen LogP contribution in [0, 0.1) is 5.41 Å². The first-order chi connectivity index (χ1) is 14.1. The van der Waals surface area contributed by atoms with Gasteiger partial charge in [0.05, 0.1) is 12.1 Å². The van der Waals surface area contributed by atoms with E-state index in [1.165, 1.54) is 6.92 Å². The molecule has 1 atom stereocenters. The Bertz CT molecular complexity index is 834. The number of esters is 1. The molecule has 0 bridgehead atoms. The van der Waals surface area contributed by atoms with Crippen LogP contribution in [0.4, 0.5) is 5.69 Å². The molecule has 7 nitrogen and oxygen atoms in total. The topological polar surface area (TPSA) is 84.0 Å². The van der Waals surface area contributed by atoms with Crippen LogP contribution in [0.15, 0.2) is 24.3 Å². The van der Waals surface area contributed by atoms with Crippen LogP contribution >= 0.6 is 0 Å². The second-order valence-electron chi connectivity index (χ2n) is 9.35. The number of amides is 3. The summed E-state index contributed by atoms with van der Waals surface area (Å²) in [5.74, 6) is -0.852. The Morgan fingerprint density at radius 3 is 2.23 bits per heavy atom. The highest BCUT2D eigenvalue weighted by Gasteiger charge is 2.47. The fourth-order valence-corrected chi connectivity index (χ4v) is 4.29. The zero-order valence-corrected chi connectivity index (χ0v) is 18.1. The van der Waals surface area contributed by atoms with Crippen molar-refractivity contribution in [2.45, 2.75) is 78.3 Å². The number of rotatable bonds is 5. The van der Waals surface area contributed by atoms with E-state index in [0.29, 0.717) is 17.9 Å². The van der Waals surface area contributed by atoms with Crippen molar-refractivity contribution in [3.63, 3.8) is 0 Å². The SMILES string of the molecule is CC(=O)Oc1ccc(N2C(=O)CC(N(C(=O)CC(C)(C)C)C3CCCC3)C2=O)cc1. The maximum Gasteiger partial charge on any atom is 0.308 e. The highest BCUT2D eigenvalue weighted by atomic mass is 16.5. The van der Waals surface area contributed by atoms with Crippen molar-refractivity contribution in [1.29, 1.82) is 0 Å². The summed E-state index contributed by atoms with van der Waals surface area (Å²) >= 11 is 0. The average Bonchev–Trinajstić information content (AvgIpc) is 3.23. The molecule has 0 radical (unpaired) electrons. The molecule has 1 saturated carbocycles. The summed E-state index contributed by atoms with van der Waals surface area (Å²) < 4.78 is 5.01. The fourth-order valence-electron chi connectivity index (χ4n) is 4.29. The Kier molecular flexibility index (Phi) is 6.29. The molecule has 1 unspecified atom stereocenters. The van der Waals surface area contributed by atoms with E-state index in [1.54, 1.807) is 29.2 Å². The van der Waals surface area contributed by atoms with E-state index in [2.05, 4.69) is 0 Å². The summed E-state index contributed by atoms with van der Waals surface area (Å²) in [6, 6.07) is 5.49. The van der Waals surface area contributed by atoms with Crippen molar-refractivity contribution >= 4 is 29.4 Å². The van der Waals surface area contributed by atoms with Gasteiger partial charge in [0.1, 0.15) is 11.8 Å². The molecule has 1 heterocycles. The van der Waals surface area contributed by atoms with Crippen molar-refractivity contribution in [3.05, 3.63) is 24.3 Å². The van der Waals surface area contributed by atoms with Gasteiger partial charge in [-0.3, -0.25) is 19.2 Å².